The number of para-hydroxylation sites is 2. The first kappa shape index (κ1) is 16.2. The molecule has 0 aliphatic heterocycles. The number of nitrogens with one attached hydrogen (secondary N) is 2. The van der Waals surface area contributed by atoms with Crippen LogP contribution in [-0.4, -0.2) is 31.9 Å². The van der Waals surface area contributed by atoms with Gasteiger partial charge in [0.05, 0.1) is 13.1 Å². The Labute approximate surface area is 135 Å². The second-order valence-electron chi connectivity index (χ2n) is 4.57. The number of rotatable bonds is 8. The predicted octanol–water partition coefficient (Wildman–Crippen LogP) is 3.02. The zero-order valence-corrected chi connectivity index (χ0v) is 13.4. The summed E-state index contributed by atoms with van der Waals surface area (Å²) in [6, 6.07) is 17.5. The Kier molecular flexibility index (Phi) is 6.64. The van der Waals surface area contributed by atoms with E-state index in [2.05, 4.69) is 10.6 Å². The summed E-state index contributed by atoms with van der Waals surface area (Å²) in [6.07, 6.45) is 2.02. The zero-order valence-electron chi connectivity index (χ0n) is 12.5. The maximum atomic E-state index is 11.8. The van der Waals surface area contributed by atoms with Crippen LogP contribution in [0.2, 0.25) is 0 Å². The van der Waals surface area contributed by atoms with Gasteiger partial charge in [-0.2, -0.15) is 0 Å². The maximum Gasteiger partial charge on any atom is 0.239 e. The summed E-state index contributed by atoms with van der Waals surface area (Å²) in [5.74, 6) is 0.760. The second-order valence-corrected chi connectivity index (χ2v) is 5.41. The van der Waals surface area contributed by atoms with Gasteiger partial charge >= 0.3 is 0 Å². The average Bonchev–Trinajstić information content (AvgIpc) is 2.58. The number of benzene rings is 2. The monoisotopic (exact) mass is 316 g/mol. The Bertz CT molecular complexity index is 590. The molecule has 116 valence electrons. The molecular weight excluding hydrogens is 296 g/mol. The van der Waals surface area contributed by atoms with Gasteiger partial charge in [0.25, 0.3) is 0 Å². The van der Waals surface area contributed by atoms with Gasteiger partial charge in [-0.05, 0) is 30.5 Å². The Balaban J connectivity index is 1.66. The van der Waals surface area contributed by atoms with Crippen molar-refractivity contribution >= 4 is 23.4 Å². The highest BCUT2D eigenvalue weighted by molar-refractivity contribution is 7.98. The average molecular weight is 316 g/mol. The van der Waals surface area contributed by atoms with Crippen LogP contribution in [0, 0.1) is 0 Å². The van der Waals surface area contributed by atoms with Gasteiger partial charge in [0.2, 0.25) is 5.91 Å². The van der Waals surface area contributed by atoms with Crippen LogP contribution in [0.1, 0.15) is 0 Å². The molecule has 0 saturated heterocycles. The number of carbonyl (C=O) groups excluding carboxylic acids is 1. The summed E-state index contributed by atoms with van der Waals surface area (Å²) in [7, 11) is 0. The molecule has 0 aliphatic carbocycles. The molecule has 0 heterocycles. The summed E-state index contributed by atoms with van der Waals surface area (Å²) >= 11 is 1.65. The second kappa shape index (κ2) is 9.00. The lowest BCUT2D eigenvalue weighted by molar-refractivity contribution is -0.119. The number of ether oxygens (including phenoxy) is 1. The Morgan fingerprint density at radius 3 is 2.59 bits per heavy atom. The molecule has 0 aromatic heterocycles. The molecule has 0 spiro atoms. The van der Waals surface area contributed by atoms with Crippen molar-refractivity contribution in [1.82, 2.24) is 5.32 Å². The number of hydrogen-bond donors (Lipinski definition) is 2. The first-order valence-electron chi connectivity index (χ1n) is 7.11. The SMILES string of the molecule is CSc1ccccc1NCC(=O)NCCOc1ccccc1. The van der Waals surface area contributed by atoms with Gasteiger partial charge in [0.15, 0.2) is 0 Å². The Hall–Kier alpha value is -2.14. The first-order chi connectivity index (χ1) is 10.8. The fourth-order valence-corrected chi connectivity index (χ4v) is 2.48. The van der Waals surface area contributed by atoms with E-state index in [0.717, 1.165) is 16.3 Å². The van der Waals surface area contributed by atoms with E-state index in [1.54, 1.807) is 11.8 Å². The molecule has 2 N–H and O–H groups in total. The normalized spacial score (nSPS) is 10.0. The summed E-state index contributed by atoms with van der Waals surface area (Å²) in [5.41, 5.74) is 0.977. The van der Waals surface area contributed by atoms with Crippen LogP contribution in [0.15, 0.2) is 59.5 Å². The molecular formula is C17H20N2O2S. The minimum absolute atomic E-state index is 0.0485. The van der Waals surface area contributed by atoms with Crippen molar-refractivity contribution in [2.24, 2.45) is 0 Å². The smallest absolute Gasteiger partial charge is 0.239 e. The molecule has 0 unspecified atom stereocenters. The van der Waals surface area contributed by atoms with E-state index in [9.17, 15) is 4.79 Å². The molecule has 0 aliphatic rings. The lowest BCUT2D eigenvalue weighted by atomic mass is 10.3. The summed E-state index contributed by atoms with van der Waals surface area (Å²) in [4.78, 5) is 12.9. The van der Waals surface area contributed by atoms with Gasteiger partial charge < -0.3 is 15.4 Å². The first-order valence-corrected chi connectivity index (χ1v) is 8.33. The van der Waals surface area contributed by atoms with Crippen molar-refractivity contribution in [3.63, 3.8) is 0 Å². The van der Waals surface area contributed by atoms with Crippen LogP contribution in [-0.2, 0) is 4.79 Å². The van der Waals surface area contributed by atoms with Crippen LogP contribution in [0.5, 0.6) is 5.75 Å². The van der Waals surface area contributed by atoms with Gasteiger partial charge in [-0.1, -0.05) is 30.3 Å². The van der Waals surface area contributed by atoms with Crippen LogP contribution in [0.4, 0.5) is 5.69 Å². The molecule has 0 radical (unpaired) electrons. The number of carbonyl (C=O) groups is 1. The lowest BCUT2D eigenvalue weighted by Crippen LogP contribution is -2.33. The number of anilines is 1. The highest BCUT2D eigenvalue weighted by atomic mass is 32.2. The molecule has 22 heavy (non-hydrogen) atoms. The Morgan fingerprint density at radius 1 is 1.09 bits per heavy atom. The molecule has 0 fully saturated rings. The molecule has 0 saturated carbocycles. The number of amides is 1. The van der Waals surface area contributed by atoms with Gasteiger partial charge in [-0.25, -0.2) is 0 Å². The molecule has 2 aromatic carbocycles. The van der Waals surface area contributed by atoms with E-state index in [0.29, 0.717) is 13.2 Å². The van der Waals surface area contributed by atoms with E-state index < -0.39 is 0 Å². The molecule has 4 nitrogen and oxygen atoms in total. The minimum atomic E-state index is -0.0485. The van der Waals surface area contributed by atoms with Crippen molar-refractivity contribution in [2.75, 3.05) is 31.3 Å². The fourth-order valence-electron chi connectivity index (χ4n) is 1.90. The third-order valence-corrected chi connectivity index (χ3v) is 3.78. The molecule has 2 rings (SSSR count). The van der Waals surface area contributed by atoms with E-state index >= 15 is 0 Å². The molecule has 0 atom stereocenters. The maximum absolute atomic E-state index is 11.8. The molecule has 1 amide bonds. The topological polar surface area (TPSA) is 50.4 Å². The van der Waals surface area contributed by atoms with Gasteiger partial charge in [0.1, 0.15) is 12.4 Å². The standard InChI is InChI=1S/C17H20N2O2S/c1-22-16-10-6-5-9-15(16)19-13-17(20)18-11-12-21-14-7-3-2-4-8-14/h2-10,19H,11-13H2,1H3,(H,18,20). The Morgan fingerprint density at radius 2 is 1.82 bits per heavy atom. The highest BCUT2D eigenvalue weighted by Crippen LogP contribution is 2.24. The number of hydrogen-bond acceptors (Lipinski definition) is 4. The van der Waals surface area contributed by atoms with Crippen molar-refractivity contribution in [1.29, 1.82) is 0 Å². The predicted molar refractivity (Wildman–Crippen MR) is 91.7 cm³/mol. The quantitative estimate of drug-likeness (QED) is 0.580. The van der Waals surface area contributed by atoms with Crippen LogP contribution in [0.25, 0.3) is 0 Å². The van der Waals surface area contributed by atoms with E-state index in [-0.39, 0.29) is 12.5 Å². The van der Waals surface area contributed by atoms with Crippen LogP contribution >= 0.6 is 11.8 Å². The summed E-state index contributed by atoms with van der Waals surface area (Å²) in [5, 5.41) is 5.98. The third-order valence-electron chi connectivity index (χ3n) is 2.98. The largest absolute Gasteiger partial charge is 0.492 e. The van der Waals surface area contributed by atoms with Gasteiger partial charge in [-0.3, -0.25) is 4.79 Å². The van der Waals surface area contributed by atoms with E-state index in [1.807, 2.05) is 60.9 Å². The van der Waals surface area contributed by atoms with Crippen molar-refractivity contribution in [3.05, 3.63) is 54.6 Å². The van der Waals surface area contributed by atoms with E-state index in [4.69, 9.17) is 4.74 Å². The van der Waals surface area contributed by atoms with Gasteiger partial charge in [-0.15, -0.1) is 11.8 Å². The third kappa shape index (κ3) is 5.33. The molecule has 0 bridgehead atoms. The van der Waals surface area contributed by atoms with Crippen LogP contribution in [0.3, 0.4) is 0 Å². The van der Waals surface area contributed by atoms with Crippen molar-refractivity contribution < 1.29 is 9.53 Å². The van der Waals surface area contributed by atoms with Crippen molar-refractivity contribution in [2.45, 2.75) is 4.90 Å². The lowest BCUT2D eigenvalue weighted by Gasteiger charge is -2.11. The minimum Gasteiger partial charge on any atom is -0.492 e. The summed E-state index contributed by atoms with van der Waals surface area (Å²) < 4.78 is 5.52. The highest BCUT2D eigenvalue weighted by Gasteiger charge is 2.03. The van der Waals surface area contributed by atoms with Crippen molar-refractivity contribution in [3.8, 4) is 5.75 Å². The molecule has 2 aromatic rings. The fraction of sp³-hybridized carbons (Fsp3) is 0.235. The van der Waals surface area contributed by atoms with Crippen LogP contribution < -0.4 is 15.4 Å². The number of thioether (sulfide) groups is 1. The molecule has 5 heteroatoms. The zero-order chi connectivity index (χ0) is 15.6. The van der Waals surface area contributed by atoms with E-state index in [1.165, 1.54) is 0 Å². The van der Waals surface area contributed by atoms with Gasteiger partial charge in [0, 0.05) is 10.6 Å². The summed E-state index contributed by atoms with van der Waals surface area (Å²) in [6.45, 7) is 1.19.